The minimum absolute atomic E-state index is 0. The number of hydrogen-bond donors (Lipinski definition) is 2. The van der Waals surface area contributed by atoms with Gasteiger partial charge in [-0.1, -0.05) is 12.1 Å². The van der Waals surface area contributed by atoms with Crippen molar-refractivity contribution in [3.63, 3.8) is 0 Å². The van der Waals surface area contributed by atoms with Gasteiger partial charge in [-0.25, -0.2) is 0 Å². The molecule has 2 N–H and O–H groups in total. The monoisotopic (exact) mass is 383 g/mol. The molecule has 1 aromatic carbocycles. The van der Waals surface area contributed by atoms with Gasteiger partial charge in [0.25, 0.3) is 5.91 Å². The van der Waals surface area contributed by atoms with Crippen LogP contribution in [0.15, 0.2) is 42.6 Å². The molecular formula is C18H23Cl2N3O2. The Labute approximate surface area is 160 Å². The second kappa shape index (κ2) is 10.2. The van der Waals surface area contributed by atoms with Crippen LogP contribution in [-0.2, 0) is 6.61 Å². The van der Waals surface area contributed by atoms with Crippen molar-refractivity contribution >= 4 is 30.7 Å². The van der Waals surface area contributed by atoms with E-state index in [1.165, 1.54) is 0 Å². The van der Waals surface area contributed by atoms with Crippen molar-refractivity contribution in [2.75, 3.05) is 13.1 Å². The SMILES string of the molecule is Cc1ccc(OCc2cccc(C(=O)NC3CCNC3)c2)cn1.Cl.Cl. The van der Waals surface area contributed by atoms with E-state index in [-0.39, 0.29) is 36.8 Å². The molecule has 1 fully saturated rings. The van der Waals surface area contributed by atoms with E-state index in [9.17, 15) is 4.79 Å². The Morgan fingerprint density at radius 2 is 2.16 bits per heavy atom. The largest absolute Gasteiger partial charge is 0.487 e. The van der Waals surface area contributed by atoms with Gasteiger partial charge in [0.1, 0.15) is 12.4 Å². The fourth-order valence-corrected chi connectivity index (χ4v) is 2.56. The summed E-state index contributed by atoms with van der Waals surface area (Å²) in [6.07, 6.45) is 2.69. The lowest BCUT2D eigenvalue weighted by Gasteiger charge is -2.12. The molecule has 7 heteroatoms. The molecule has 1 saturated heterocycles. The maximum absolute atomic E-state index is 12.3. The average Bonchev–Trinajstić information content (AvgIpc) is 3.07. The summed E-state index contributed by atoms with van der Waals surface area (Å²) in [5, 5.41) is 6.29. The van der Waals surface area contributed by atoms with Crippen molar-refractivity contribution in [1.29, 1.82) is 0 Å². The molecule has 2 aromatic rings. The molecule has 0 bridgehead atoms. The highest BCUT2D eigenvalue weighted by Gasteiger charge is 2.17. The lowest BCUT2D eigenvalue weighted by molar-refractivity contribution is 0.0940. The summed E-state index contributed by atoms with van der Waals surface area (Å²) in [5.74, 6) is 0.694. The molecule has 1 unspecified atom stereocenters. The summed E-state index contributed by atoms with van der Waals surface area (Å²) < 4.78 is 5.71. The van der Waals surface area contributed by atoms with Crippen LogP contribution in [-0.4, -0.2) is 30.0 Å². The number of carbonyl (C=O) groups excluding carboxylic acids is 1. The third-order valence-corrected chi connectivity index (χ3v) is 3.87. The molecule has 0 saturated carbocycles. The Bertz CT molecular complexity index is 674. The number of nitrogens with one attached hydrogen (secondary N) is 2. The number of amides is 1. The third kappa shape index (κ3) is 6.20. The van der Waals surface area contributed by atoms with Gasteiger partial charge in [-0.2, -0.15) is 0 Å². The molecule has 5 nitrogen and oxygen atoms in total. The van der Waals surface area contributed by atoms with Crippen LogP contribution in [0.5, 0.6) is 5.75 Å². The van der Waals surface area contributed by atoms with Gasteiger partial charge in [0.2, 0.25) is 0 Å². The van der Waals surface area contributed by atoms with Gasteiger partial charge >= 0.3 is 0 Å². The molecule has 3 rings (SSSR count). The summed E-state index contributed by atoms with van der Waals surface area (Å²) in [5.41, 5.74) is 2.58. The van der Waals surface area contributed by atoms with Gasteiger partial charge in [-0.15, -0.1) is 24.8 Å². The lowest BCUT2D eigenvalue weighted by Crippen LogP contribution is -2.36. The molecule has 136 valence electrons. The Morgan fingerprint density at radius 3 is 2.84 bits per heavy atom. The number of halogens is 2. The summed E-state index contributed by atoms with van der Waals surface area (Å²) in [6.45, 7) is 4.15. The number of carbonyl (C=O) groups is 1. The molecule has 0 spiro atoms. The smallest absolute Gasteiger partial charge is 0.251 e. The summed E-state index contributed by atoms with van der Waals surface area (Å²) >= 11 is 0. The first-order chi connectivity index (χ1) is 11.2. The molecule has 1 aliphatic rings. The van der Waals surface area contributed by atoms with Crippen LogP contribution >= 0.6 is 24.8 Å². The molecule has 1 atom stereocenters. The van der Waals surface area contributed by atoms with Crippen LogP contribution in [0.1, 0.15) is 28.0 Å². The van der Waals surface area contributed by atoms with Crippen LogP contribution < -0.4 is 15.4 Å². The number of aromatic nitrogens is 1. The number of hydrogen-bond acceptors (Lipinski definition) is 4. The molecule has 2 heterocycles. The summed E-state index contributed by atoms with van der Waals surface area (Å²) in [6, 6.07) is 11.6. The number of nitrogens with zero attached hydrogens (tertiary/aromatic N) is 1. The van der Waals surface area contributed by atoms with Crippen LogP contribution in [0, 0.1) is 6.92 Å². The molecule has 1 aromatic heterocycles. The van der Waals surface area contributed by atoms with E-state index in [4.69, 9.17) is 4.74 Å². The van der Waals surface area contributed by atoms with E-state index in [1.54, 1.807) is 6.20 Å². The Balaban J connectivity index is 0.00000156. The first-order valence-corrected chi connectivity index (χ1v) is 7.87. The number of benzene rings is 1. The third-order valence-electron chi connectivity index (χ3n) is 3.87. The van der Waals surface area contributed by atoms with Crippen LogP contribution in [0.3, 0.4) is 0 Å². The lowest BCUT2D eigenvalue weighted by atomic mass is 10.1. The van der Waals surface area contributed by atoms with Crippen molar-refractivity contribution in [3.05, 3.63) is 59.4 Å². The number of ether oxygens (including phenoxy) is 1. The number of aryl methyl sites for hydroxylation is 1. The molecule has 1 aliphatic heterocycles. The summed E-state index contributed by atoms with van der Waals surface area (Å²) in [7, 11) is 0. The Kier molecular flexibility index (Phi) is 8.69. The van der Waals surface area contributed by atoms with Gasteiger partial charge < -0.3 is 15.4 Å². The predicted octanol–water partition coefficient (Wildman–Crippen LogP) is 2.90. The zero-order valence-corrected chi connectivity index (χ0v) is 15.7. The van der Waals surface area contributed by atoms with E-state index < -0.39 is 0 Å². The minimum Gasteiger partial charge on any atom is -0.487 e. The Hall–Kier alpha value is -1.82. The molecular weight excluding hydrogens is 361 g/mol. The molecule has 25 heavy (non-hydrogen) atoms. The van der Waals surface area contributed by atoms with Crippen molar-refractivity contribution in [2.24, 2.45) is 0 Å². The highest BCUT2D eigenvalue weighted by molar-refractivity contribution is 5.94. The van der Waals surface area contributed by atoms with Gasteiger partial charge in [0.05, 0.1) is 6.20 Å². The second-order valence-corrected chi connectivity index (χ2v) is 5.79. The topological polar surface area (TPSA) is 63.2 Å². The first-order valence-electron chi connectivity index (χ1n) is 7.87. The van der Waals surface area contributed by atoms with Crippen molar-refractivity contribution in [2.45, 2.75) is 26.0 Å². The highest BCUT2D eigenvalue weighted by Crippen LogP contribution is 2.13. The van der Waals surface area contributed by atoms with Gasteiger partial charge in [-0.05, 0) is 49.7 Å². The molecule has 1 amide bonds. The quantitative estimate of drug-likeness (QED) is 0.832. The predicted molar refractivity (Wildman–Crippen MR) is 103 cm³/mol. The normalized spacial score (nSPS) is 15.6. The van der Waals surface area contributed by atoms with Crippen LogP contribution in [0.2, 0.25) is 0 Å². The van der Waals surface area contributed by atoms with Crippen molar-refractivity contribution in [3.8, 4) is 5.75 Å². The standard InChI is InChI=1S/C18H21N3O2.2ClH/c1-13-5-6-17(11-20-13)23-12-14-3-2-4-15(9-14)18(22)21-16-7-8-19-10-16;;/h2-6,9,11,16,19H,7-8,10,12H2,1H3,(H,21,22);2*1H. The number of rotatable bonds is 5. The van der Waals surface area contributed by atoms with Crippen molar-refractivity contribution in [1.82, 2.24) is 15.6 Å². The van der Waals surface area contributed by atoms with Gasteiger partial charge in [0.15, 0.2) is 0 Å². The fraction of sp³-hybridized carbons (Fsp3) is 0.333. The average molecular weight is 384 g/mol. The van der Waals surface area contributed by atoms with Crippen molar-refractivity contribution < 1.29 is 9.53 Å². The van der Waals surface area contributed by atoms with E-state index in [2.05, 4.69) is 15.6 Å². The molecule has 0 radical (unpaired) electrons. The van der Waals surface area contributed by atoms with E-state index in [0.29, 0.717) is 12.2 Å². The maximum atomic E-state index is 12.3. The second-order valence-electron chi connectivity index (χ2n) is 5.79. The minimum atomic E-state index is -0.0300. The highest BCUT2D eigenvalue weighted by atomic mass is 35.5. The summed E-state index contributed by atoms with van der Waals surface area (Å²) in [4.78, 5) is 16.5. The number of pyridine rings is 1. The fourth-order valence-electron chi connectivity index (χ4n) is 2.56. The van der Waals surface area contributed by atoms with Gasteiger partial charge in [0, 0.05) is 23.8 Å². The van der Waals surface area contributed by atoms with E-state index >= 15 is 0 Å². The zero-order chi connectivity index (χ0) is 16.1. The zero-order valence-electron chi connectivity index (χ0n) is 14.0. The van der Waals surface area contributed by atoms with E-state index in [1.807, 2.05) is 43.3 Å². The molecule has 0 aliphatic carbocycles. The maximum Gasteiger partial charge on any atom is 0.251 e. The van der Waals surface area contributed by atoms with Gasteiger partial charge in [-0.3, -0.25) is 9.78 Å². The van der Waals surface area contributed by atoms with Crippen LogP contribution in [0.25, 0.3) is 0 Å². The first kappa shape index (κ1) is 21.2. The van der Waals surface area contributed by atoms with E-state index in [0.717, 1.165) is 36.5 Å². The Morgan fingerprint density at radius 1 is 1.32 bits per heavy atom. The van der Waals surface area contributed by atoms with Crippen LogP contribution in [0.4, 0.5) is 0 Å².